The number of nitrogens with zero attached hydrogens (tertiary/aromatic N) is 1. The number of aliphatic hydroxyl groups is 1. The van der Waals surface area contributed by atoms with Gasteiger partial charge in [0.2, 0.25) is 0 Å². The first-order chi connectivity index (χ1) is 11.5. The lowest BCUT2D eigenvalue weighted by atomic mass is 9.61. The van der Waals surface area contributed by atoms with Gasteiger partial charge in [0.15, 0.2) is 6.61 Å². The quantitative estimate of drug-likeness (QED) is 0.498. The number of fused-ring (bicyclic) bond motifs is 2. The van der Waals surface area contributed by atoms with Gasteiger partial charge in [-0.2, -0.15) is 0 Å². The van der Waals surface area contributed by atoms with Crippen molar-refractivity contribution in [3.05, 3.63) is 33.9 Å². The van der Waals surface area contributed by atoms with Gasteiger partial charge in [0.1, 0.15) is 17.6 Å². The number of hydrogen-bond acceptors (Lipinski definition) is 7. The van der Waals surface area contributed by atoms with Crippen molar-refractivity contribution in [3.63, 3.8) is 0 Å². The number of carbonyl (C=O) groups is 1. The van der Waals surface area contributed by atoms with E-state index < -0.39 is 41.0 Å². The number of esters is 1. The maximum absolute atomic E-state index is 12.2. The molecule has 1 aromatic carbocycles. The fourth-order valence-electron chi connectivity index (χ4n) is 3.89. The number of aliphatic hydroxyl groups excluding tert-OH is 1. The molecular formula is C16H19NO7. The molecule has 1 unspecified atom stereocenters. The van der Waals surface area contributed by atoms with Crippen LogP contribution in [-0.4, -0.2) is 48.5 Å². The zero-order valence-electron chi connectivity index (χ0n) is 13.4. The normalized spacial score (nSPS) is 32.0. The third-order valence-corrected chi connectivity index (χ3v) is 5.13. The first-order valence-corrected chi connectivity index (χ1v) is 7.66. The molecular weight excluding hydrogens is 318 g/mol. The SMILES string of the molecule is COc1ccc(C2[C@@H]3CC[C@H](O)[C@]2([N+](=O)[O-])COC3=O)c(OC)c1. The van der Waals surface area contributed by atoms with Crippen molar-refractivity contribution in [3.8, 4) is 11.5 Å². The molecule has 1 N–H and O–H groups in total. The Kier molecular flexibility index (Phi) is 4.08. The van der Waals surface area contributed by atoms with Crippen LogP contribution < -0.4 is 9.47 Å². The summed E-state index contributed by atoms with van der Waals surface area (Å²) < 4.78 is 15.6. The summed E-state index contributed by atoms with van der Waals surface area (Å²) in [6, 6.07) is 4.93. The van der Waals surface area contributed by atoms with Crippen LogP contribution in [0.2, 0.25) is 0 Å². The van der Waals surface area contributed by atoms with Crippen molar-refractivity contribution < 1.29 is 29.0 Å². The fraction of sp³-hybridized carbons (Fsp3) is 0.562. The molecule has 3 rings (SSSR count). The van der Waals surface area contributed by atoms with E-state index >= 15 is 0 Å². The standard InChI is InChI=1S/C16H19NO7/c1-22-9-3-4-10(12(7-9)23-2)14-11-5-6-13(18)16(14,17(20)21)8-24-15(11)19/h3-4,7,11,13-14,18H,5-6,8H2,1-2H3/t11-,13-,14?,16+/m0/s1. The van der Waals surface area contributed by atoms with Crippen LogP contribution in [0.5, 0.6) is 11.5 Å². The van der Waals surface area contributed by atoms with Crippen molar-refractivity contribution in [2.45, 2.75) is 30.4 Å². The van der Waals surface area contributed by atoms with Gasteiger partial charge >= 0.3 is 5.97 Å². The number of cyclic esters (lactones) is 1. The summed E-state index contributed by atoms with van der Waals surface area (Å²) in [6.07, 6.45) is -0.681. The summed E-state index contributed by atoms with van der Waals surface area (Å²) in [4.78, 5) is 23.6. The average molecular weight is 337 g/mol. The molecule has 0 spiro atoms. The predicted octanol–water partition coefficient (Wildman–Crippen LogP) is 1.13. The summed E-state index contributed by atoms with van der Waals surface area (Å²) in [7, 11) is 2.95. The van der Waals surface area contributed by atoms with Crippen LogP contribution in [0.15, 0.2) is 18.2 Å². The van der Waals surface area contributed by atoms with Crippen molar-refractivity contribution in [1.82, 2.24) is 0 Å². The lowest BCUT2D eigenvalue weighted by Crippen LogP contribution is -2.65. The van der Waals surface area contributed by atoms with E-state index in [0.29, 0.717) is 23.5 Å². The molecule has 24 heavy (non-hydrogen) atoms. The molecule has 0 aromatic heterocycles. The molecule has 8 heteroatoms. The number of rotatable bonds is 4. The Morgan fingerprint density at radius 1 is 1.33 bits per heavy atom. The zero-order valence-corrected chi connectivity index (χ0v) is 13.4. The highest BCUT2D eigenvalue weighted by Gasteiger charge is 2.67. The van der Waals surface area contributed by atoms with Gasteiger partial charge in [-0.1, -0.05) is 6.07 Å². The molecule has 1 saturated heterocycles. The number of nitro groups is 1. The molecule has 130 valence electrons. The van der Waals surface area contributed by atoms with E-state index in [1.165, 1.54) is 14.2 Å². The smallest absolute Gasteiger partial charge is 0.310 e. The van der Waals surface area contributed by atoms with Gasteiger partial charge in [-0.3, -0.25) is 14.9 Å². The molecule has 2 bridgehead atoms. The lowest BCUT2D eigenvalue weighted by Gasteiger charge is -2.46. The summed E-state index contributed by atoms with van der Waals surface area (Å²) in [6.45, 7) is -0.448. The van der Waals surface area contributed by atoms with Gasteiger partial charge in [0, 0.05) is 16.6 Å². The number of hydrogen-bond donors (Lipinski definition) is 1. The molecule has 2 fully saturated rings. The summed E-state index contributed by atoms with van der Waals surface area (Å²) in [5, 5.41) is 22.3. The Balaban J connectivity index is 2.19. The second kappa shape index (κ2) is 5.94. The van der Waals surface area contributed by atoms with Crippen LogP contribution in [-0.2, 0) is 9.53 Å². The van der Waals surface area contributed by atoms with E-state index in [1.54, 1.807) is 18.2 Å². The van der Waals surface area contributed by atoms with Crippen molar-refractivity contribution in [2.75, 3.05) is 20.8 Å². The van der Waals surface area contributed by atoms with Crippen LogP contribution in [0.1, 0.15) is 24.3 Å². The highest BCUT2D eigenvalue weighted by Crippen LogP contribution is 2.52. The minimum Gasteiger partial charge on any atom is -0.497 e. The third kappa shape index (κ3) is 2.21. The minimum atomic E-state index is -1.77. The van der Waals surface area contributed by atoms with E-state index in [-0.39, 0.29) is 6.42 Å². The molecule has 1 aliphatic carbocycles. The van der Waals surface area contributed by atoms with E-state index in [4.69, 9.17) is 14.2 Å². The first-order valence-electron chi connectivity index (χ1n) is 7.66. The second-order valence-electron chi connectivity index (χ2n) is 6.14. The van der Waals surface area contributed by atoms with Crippen LogP contribution in [0.25, 0.3) is 0 Å². The van der Waals surface area contributed by atoms with Gasteiger partial charge in [0.05, 0.1) is 26.1 Å². The topological polar surface area (TPSA) is 108 Å². The average Bonchev–Trinajstić information content (AvgIpc) is 2.59. The highest BCUT2D eigenvalue weighted by atomic mass is 16.6. The Morgan fingerprint density at radius 2 is 2.08 bits per heavy atom. The number of methoxy groups -OCH3 is 2. The van der Waals surface area contributed by atoms with Crippen LogP contribution in [0.4, 0.5) is 0 Å². The number of carbonyl (C=O) groups excluding carboxylic acids is 1. The highest BCUT2D eigenvalue weighted by molar-refractivity contribution is 5.76. The van der Waals surface area contributed by atoms with Crippen molar-refractivity contribution in [2.24, 2.45) is 5.92 Å². The summed E-state index contributed by atoms with van der Waals surface area (Å²) in [5.41, 5.74) is -1.26. The van der Waals surface area contributed by atoms with Crippen molar-refractivity contribution >= 4 is 5.97 Å². The predicted molar refractivity (Wildman–Crippen MR) is 81.7 cm³/mol. The Hall–Kier alpha value is -2.35. The Bertz CT molecular complexity index is 676. The molecule has 0 radical (unpaired) electrons. The van der Waals surface area contributed by atoms with Gasteiger partial charge in [-0.15, -0.1) is 0 Å². The number of benzene rings is 1. The molecule has 1 aliphatic heterocycles. The van der Waals surface area contributed by atoms with Crippen molar-refractivity contribution in [1.29, 1.82) is 0 Å². The van der Waals surface area contributed by atoms with Crippen LogP contribution >= 0.6 is 0 Å². The molecule has 1 heterocycles. The summed E-state index contributed by atoms with van der Waals surface area (Å²) >= 11 is 0. The van der Waals surface area contributed by atoms with E-state index in [1.807, 2.05) is 0 Å². The Labute approximate surface area is 138 Å². The van der Waals surface area contributed by atoms with E-state index in [0.717, 1.165) is 0 Å². The first kappa shape index (κ1) is 16.5. The number of ether oxygens (including phenoxy) is 3. The van der Waals surface area contributed by atoms with E-state index in [9.17, 15) is 20.0 Å². The molecule has 2 aliphatic rings. The zero-order chi connectivity index (χ0) is 17.5. The Morgan fingerprint density at radius 3 is 2.71 bits per heavy atom. The molecule has 0 amide bonds. The van der Waals surface area contributed by atoms with Gasteiger partial charge in [0.25, 0.3) is 5.54 Å². The lowest BCUT2D eigenvalue weighted by molar-refractivity contribution is -0.599. The largest absolute Gasteiger partial charge is 0.497 e. The molecule has 8 nitrogen and oxygen atoms in total. The van der Waals surface area contributed by atoms with Crippen LogP contribution in [0.3, 0.4) is 0 Å². The summed E-state index contributed by atoms with van der Waals surface area (Å²) in [5.74, 6) is -1.05. The van der Waals surface area contributed by atoms with Gasteiger partial charge in [-0.25, -0.2) is 0 Å². The maximum atomic E-state index is 12.2. The monoisotopic (exact) mass is 337 g/mol. The van der Waals surface area contributed by atoms with Crippen LogP contribution in [0, 0.1) is 16.0 Å². The van der Waals surface area contributed by atoms with Gasteiger partial charge < -0.3 is 19.3 Å². The molecule has 4 atom stereocenters. The maximum Gasteiger partial charge on any atom is 0.310 e. The third-order valence-electron chi connectivity index (χ3n) is 5.13. The molecule has 1 saturated carbocycles. The minimum absolute atomic E-state index is 0.190. The fourth-order valence-corrected chi connectivity index (χ4v) is 3.89. The van der Waals surface area contributed by atoms with Gasteiger partial charge in [-0.05, 0) is 18.9 Å². The molecule has 1 aromatic rings. The van der Waals surface area contributed by atoms with E-state index in [2.05, 4.69) is 0 Å². The second-order valence-corrected chi connectivity index (χ2v) is 6.14.